The van der Waals surface area contributed by atoms with E-state index in [1.807, 2.05) is 48.5 Å². The molecule has 2 aromatic carbocycles. The number of carbonyl (C=O) groups excluding carboxylic acids is 1. The summed E-state index contributed by atoms with van der Waals surface area (Å²) in [6.07, 6.45) is 0.267. The van der Waals surface area contributed by atoms with E-state index in [1.165, 1.54) is 11.3 Å². The molecule has 1 amide bonds. The third-order valence-corrected chi connectivity index (χ3v) is 4.86. The van der Waals surface area contributed by atoms with E-state index < -0.39 is 0 Å². The topological polar surface area (TPSA) is 94.8 Å². The molecule has 1 N–H and O–H groups in total. The van der Waals surface area contributed by atoms with Crippen LogP contribution in [0.25, 0.3) is 10.2 Å². The van der Waals surface area contributed by atoms with Crippen molar-refractivity contribution in [2.45, 2.75) is 13.0 Å². The van der Waals surface area contributed by atoms with Gasteiger partial charge in [0, 0.05) is 7.05 Å². The fourth-order valence-corrected chi connectivity index (χ4v) is 3.38. The molecule has 0 bridgehead atoms. The second kappa shape index (κ2) is 7.50. The fourth-order valence-electron chi connectivity index (χ4n) is 2.50. The van der Waals surface area contributed by atoms with Gasteiger partial charge in [-0.1, -0.05) is 35.6 Å². The van der Waals surface area contributed by atoms with Crippen LogP contribution in [0.15, 0.2) is 48.5 Å². The lowest BCUT2D eigenvalue weighted by Gasteiger charge is -2.06. The van der Waals surface area contributed by atoms with Gasteiger partial charge in [0.1, 0.15) is 12.4 Å². The smallest absolute Gasteiger partial charge is 0.230 e. The van der Waals surface area contributed by atoms with Gasteiger partial charge in [-0.15, -0.1) is 5.10 Å². The van der Waals surface area contributed by atoms with Crippen LogP contribution in [0.1, 0.15) is 11.4 Å². The van der Waals surface area contributed by atoms with Gasteiger partial charge in [0.05, 0.1) is 16.6 Å². The number of nitrogens with zero attached hydrogens (tertiary/aromatic N) is 5. The summed E-state index contributed by atoms with van der Waals surface area (Å²) in [6.45, 7) is 0.279. The molecule has 0 saturated heterocycles. The van der Waals surface area contributed by atoms with Gasteiger partial charge in [-0.05, 0) is 40.3 Å². The molecule has 2 heterocycles. The van der Waals surface area contributed by atoms with Crippen molar-refractivity contribution in [2.75, 3.05) is 5.32 Å². The van der Waals surface area contributed by atoms with Crippen molar-refractivity contribution in [3.8, 4) is 5.75 Å². The molecule has 0 aliphatic rings. The van der Waals surface area contributed by atoms with Crippen molar-refractivity contribution >= 4 is 32.6 Å². The van der Waals surface area contributed by atoms with E-state index in [9.17, 15) is 4.79 Å². The lowest BCUT2D eigenvalue weighted by atomic mass is 10.1. The molecule has 0 fully saturated rings. The highest BCUT2D eigenvalue weighted by Crippen LogP contribution is 2.25. The molecule has 0 atom stereocenters. The maximum Gasteiger partial charge on any atom is 0.230 e. The number of aryl methyl sites for hydroxylation is 1. The average Bonchev–Trinajstić information content (AvgIpc) is 3.26. The van der Waals surface area contributed by atoms with Crippen LogP contribution in [0.2, 0.25) is 0 Å². The molecule has 4 aromatic rings. The number of fused-ring (bicyclic) bond motifs is 1. The van der Waals surface area contributed by atoms with E-state index in [0.29, 0.717) is 16.7 Å². The van der Waals surface area contributed by atoms with Crippen LogP contribution in [-0.2, 0) is 24.9 Å². The zero-order valence-electron chi connectivity index (χ0n) is 14.5. The maximum absolute atomic E-state index is 12.3. The number of hydrogen-bond donors (Lipinski definition) is 1. The number of hydrogen-bond acceptors (Lipinski definition) is 7. The van der Waals surface area contributed by atoms with Crippen LogP contribution in [0.4, 0.5) is 5.13 Å². The van der Waals surface area contributed by atoms with Crippen LogP contribution < -0.4 is 10.1 Å². The van der Waals surface area contributed by atoms with Gasteiger partial charge in [0.25, 0.3) is 0 Å². The maximum atomic E-state index is 12.3. The summed E-state index contributed by atoms with van der Waals surface area (Å²) >= 11 is 1.46. The van der Waals surface area contributed by atoms with Crippen molar-refractivity contribution in [2.24, 2.45) is 7.05 Å². The largest absolute Gasteiger partial charge is 0.486 e. The third-order valence-electron chi connectivity index (χ3n) is 3.90. The van der Waals surface area contributed by atoms with Gasteiger partial charge in [0.2, 0.25) is 5.91 Å². The second-order valence-electron chi connectivity index (χ2n) is 5.86. The third kappa shape index (κ3) is 4.09. The van der Waals surface area contributed by atoms with Crippen LogP contribution in [0, 0.1) is 0 Å². The molecule has 0 unspecified atom stereocenters. The molecule has 2 aromatic heterocycles. The first-order chi connectivity index (χ1) is 13.2. The number of aromatic nitrogens is 5. The normalized spacial score (nSPS) is 10.9. The van der Waals surface area contributed by atoms with Gasteiger partial charge < -0.3 is 10.1 Å². The standard InChI is InChI=1S/C18H16N6O2S/c1-24-16(21-22-23-24)11-26-13-8-6-12(7-9-13)10-17(25)20-18-19-14-4-2-3-5-15(14)27-18/h2-9H,10-11H2,1H3,(H,19,20,25). The number of thiazole rings is 1. The molecule has 0 spiro atoms. The minimum absolute atomic E-state index is 0.104. The highest BCUT2D eigenvalue weighted by molar-refractivity contribution is 7.22. The Labute approximate surface area is 158 Å². The monoisotopic (exact) mass is 380 g/mol. The SMILES string of the molecule is Cn1nnnc1COc1ccc(CC(=O)Nc2nc3ccccc3s2)cc1. The number of nitrogens with one attached hydrogen (secondary N) is 1. The number of ether oxygens (including phenoxy) is 1. The van der Waals surface area contributed by atoms with Crippen LogP contribution in [0.5, 0.6) is 5.75 Å². The number of para-hydroxylation sites is 1. The quantitative estimate of drug-likeness (QED) is 0.552. The number of anilines is 1. The van der Waals surface area contributed by atoms with Crippen molar-refractivity contribution in [1.82, 2.24) is 25.2 Å². The van der Waals surface area contributed by atoms with E-state index in [1.54, 1.807) is 11.7 Å². The first-order valence-electron chi connectivity index (χ1n) is 8.26. The highest BCUT2D eigenvalue weighted by Gasteiger charge is 2.09. The number of benzene rings is 2. The van der Waals surface area contributed by atoms with Gasteiger partial charge in [-0.25, -0.2) is 9.67 Å². The van der Waals surface area contributed by atoms with Crippen molar-refractivity contribution in [3.63, 3.8) is 0 Å². The van der Waals surface area contributed by atoms with Gasteiger partial charge in [-0.2, -0.15) is 0 Å². The Morgan fingerprint density at radius 1 is 1.19 bits per heavy atom. The summed E-state index contributed by atoms with van der Waals surface area (Å²) in [5, 5.41) is 14.6. The Bertz CT molecular complexity index is 1040. The minimum atomic E-state index is -0.104. The summed E-state index contributed by atoms with van der Waals surface area (Å²) in [5.74, 6) is 1.22. The van der Waals surface area contributed by atoms with E-state index in [2.05, 4.69) is 25.8 Å². The molecule has 0 aliphatic carbocycles. The Morgan fingerprint density at radius 2 is 2.00 bits per heavy atom. The summed E-state index contributed by atoms with van der Waals surface area (Å²) in [6, 6.07) is 15.2. The van der Waals surface area contributed by atoms with Crippen LogP contribution in [0.3, 0.4) is 0 Å². The van der Waals surface area contributed by atoms with Gasteiger partial charge >= 0.3 is 0 Å². The molecular weight excluding hydrogens is 364 g/mol. The predicted molar refractivity (Wildman–Crippen MR) is 102 cm³/mol. The lowest BCUT2D eigenvalue weighted by Crippen LogP contribution is -2.14. The molecule has 27 heavy (non-hydrogen) atoms. The first kappa shape index (κ1) is 17.1. The predicted octanol–water partition coefficient (Wildman–Crippen LogP) is 2.58. The van der Waals surface area contributed by atoms with Crippen molar-refractivity contribution in [1.29, 1.82) is 0 Å². The molecular formula is C18H16N6O2S. The molecule has 0 aliphatic heterocycles. The molecule has 4 rings (SSSR count). The Kier molecular flexibility index (Phi) is 4.75. The van der Waals surface area contributed by atoms with E-state index in [4.69, 9.17) is 4.74 Å². The number of tetrazole rings is 1. The van der Waals surface area contributed by atoms with Crippen LogP contribution in [-0.4, -0.2) is 31.1 Å². The fraction of sp³-hybridized carbons (Fsp3) is 0.167. The first-order valence-corrected chi connectivity index (χ1v) is 9.07. The number of amides is 1. The molecule has 136 valence electrons. The molecule has 9 heteroatoms. The Hall–Kier alpha value is -3.33. The highest BCUT2D eigenvalue weighted by atomic mass is 32.1. The summed E-state index contributed by atoms with van der Waals surface area (Å²) in [5.41, 5.74) is 1.78. The molecule has 8 nitrogen and oxygen atoms in total. The zero-order chi connectivity index (χ0) is 18.6. The van der Waals surface area contributed by atoms with E-state index in [0.717, 1.165) is 15.8 Å². The van der Waals surface area contributed by atoms with E-state index in [-0.39, 0.29) is 18.9 Å². The number of carbonyl (C=O) groups is 1. The minimum Gasteiger partial charge on any atom is -0.486 e. The summed E-state index contributed by atoms with van der Waals surface area (Å²) < 4.78 is 8.25. The Morgan fingerprint density at radius 3 is 2.74 bits per heavy atom. The summed E-state index contributed by atoms with van der Waals surface area (Å²) in [7, 11) is 1.76. The second-order valence-corrected chi connectivity index (χ2v) is 6.89. The Balaban J connectivity index is 1.33. The average molecular weight is 380 g/mol. The van der Waals surface area contributed by atoms with Crippen LogP contribution >= 0.6 is 11.3 Å². The van der Waals surface area contributed by atoms with Crippen molar-refractivity contribution in [3.05, 3.63) is 59.9 Å². The summed E-state index contributed by atoms with van der Waals surface area (Å²) in [4.78, 5) is 16.7. The number of rotatable bonds is 6. The van der Waals surface area contributed by atoms with Gasteiger partial charge in [-0.3, -0.25) is 4.79 Å². The molecule has 0 radical (unpaired) electrons. The van der Waals surface area contributed by atoms with E-state index >= 15 is 0 Å². The molecule has 0 saturated carbocycles. The van der Waals surface area contributed by atoms with Gasteiger partial charge in [0.15, 0.2) is 11.0 Å². The zero-order valence-corrected chi connectivity index (χ0v) is 15.3. The lowest BCUT2D eigenvalue weighted by molar-refractivity contribution is -0.115. The van der Waals surface area contributed by atoms with Crippen molar-refractivity contribution < 1.29 is 9.53 Å².